The van der Waals surface area contributed by atoms with Crippen LogP contribution in [0.5, 0.6) is 0 Å². The summed E-state index contributed by atoms with van der Waals surface area (Å²) in [5, 5.41) is 0. The molecular formula is C15H16O2. The number of carbonyl (C=O) groups excluding carboxylic acids is 2. The van der Waals surface area contributed by atoms with Crippen LogP contribution in [0.4, 0.5) is 0 Å². The quantitative estimate of drug-likeness (QED) is 0.740. The molecule has 0 unspecified atom stereocenters. The molecule has 0 spiro atoms. The Labute approximate surface area is 101 Å². The van der Waals surface area contributed by atoms with Gasteiger partial charge in [-0.15, -0.1) is 0 Å². The maximum Gasteiger partial charge on any atom is 0.169 e. The molecule has 1 aliphatic carbocycles. The minimum absolute atomic E-state index is 0.0702. The van der Waals surface area contributed by atoms with E-state index >= 15 is 0 Å². The molecule has 0 heterocycles. The average molecular weight is 228 g/mol. The molecule has 0 saturated carbocycles. The highest BCUT2D eigenvalue weighted by atomic mass is 16.1. The number of allylic oxidation sites excluding steroid dienone is 2. The predicted molar refractivity (Wildman–Crippen MR) is 67.4 cm³/mol. The first-order valence-electron chi connectivity index (χ1n) is 5.78. The molecular weight excluding hydrogens is 212 g/mol. The number of ketones is 2. The maximum atomic E-state index is 12.4. The summed E-state index contributed by atoms with van der Waals surface area (Å²) >= 11 is 0. The van der Waals surface area contributed by atoms with Gasteiger partial charge in [-0.05, 0) is 12.5 Å². The Morgan fingerprint density at radius 1 is 1.06 bits per heavy atom. The highest BCUT2D eigenvalue weighted by Gasteiger charge is 2.39. The van der Waals surface area contributed by atoms with Crippen molar-refractivity contribution < 1.29 is 9.59 Å². The zero-order valence-corrected chi connectivity index (χ0v) is 10.4. The fourth-order valence-corrected chi connectivity index (χ4v) is 2.21. The molecule has 1 aromatic carbocycles. The summed E-state index contributed by atoms with van der Waals surface area (Å²) in [5.41, 5.74) is 1.45. The third-order valence-electron chi connectivity index (χ3n) is 3.30. The van der Waals surface area contributed by atoms with Gasteiger partial charge in [0.15, 0.2) is 11.6 Å². The fraction of sp³-hybridized carbons (Fsp3) is 0.333. The number of hydrogen-bond donors (Lipinski definition) is 0. The van der Waals surface area contributed by atoms with Crippen molar-refractivity contribution in [2.75, 3.05) is 0 Å². The van der Waals surface area contributed by atoms with Gasteiger partial charge in [0.05, 0.1) is 0 Å². The molecule has 2 heteroatoms. The lowest BCUT2D eigenvalue weighted by Gasteiger charge is -2.29. The second-order valence-corrected chi connectivity index (χ2v) is 5.18. The van der Waals surface area contributed by atoms with Gasteiger partial charge in [0.2, 0.25) is 0 Å². The summed E-state index contributed by atoms with van der Waals surface area (Å²) in [6, 6.07) is 9.43. The van der Waals surface area contributed by atoms with Crippen LogP contribution in [0.15, 0.2) is 35.9 Å². The van der Waals surface area contributed by atoms with Crippen LogP contribution < -0.4 is 0 Å². The normalized spacial score (nSPS) is 19.7. The first-order valence-corrected chi connectivity index (χ1v) is 5.78. The second-order valence-electron chi connectivity index (χ2n) is 5.18. The lowest BCUT2D eigenvalue weighted by molar-refractivity contribution is -0.128. The molecule has 0 fully saturated rings. The smallest absolute Gasteiger partial charge is 0.169 e. The van der Waals surface area contributed by atoms with E-state index in [1.54, 1.807) is 6.92 Å². The van der Waals surface area contributed by atoms with E-state index in [9.17, 15) is 9.59 Å². The Morgan fingerprint density at radius 3 is 2.24 bits per heavy atom. The Kier molecular flexibility index (Phi) is 2.74. The fourth-order valence-electron chi connectivity index (χ4n) is 2.21. The van der Waals surface area contributed by atoms with Crippen LogP contribution in [0.25, 0.3) is 5.57 Å². The molecule has 2 rings (SSSR count). The van der Waals surface area contributed by atoms with Crippen LogP contribution in [0.1, 0.15) is 32.8 Å². The molecule has 2 nitrogen and oxygen atoms in total. The third-order valence-corrected chi connectivity index (χ3v) is 3.30. The number of benzene rings is 1. The minimum Gasteiger partial charge on any atom is -0.295 e. The molecule has 1 aromatic rings. The molecule has 17 heavy (non-hydrogen) atoms. The summed E-state index contributed by atoms with van der Waals surface area (Å²) in [4.78, 5) is 24.3. The Balaban J connectivity index is 2.61. The summed E-state index contributed by atoms with van der Waals surface area (Å²) in [6.07, 6.45) is 0.313. The minimum atomic E-state index is -0.582. The molecule has 0 amide bonds. The van der Waals surface area contributed by atoms with E-state index in [0.29, 0.717) is 17.6 Å². The van der Waals surface area contributed by atoms with Crippen LogP contribution in [0.3, 0.4) is 0 Å². The summed E-state index contributed by atoms with van der Waals surface area (Å²) in [7, 11) is 0. The molecule has 1 aliphatic rings. The zero-order valence-electron chi connectivity index (χ0n) is 10.4. The van der Waals surface area contributed by atoms with Crippen molar-refractivity contribution in [1.82, 2.24) is 0 Å². The molecule has 0 aromatic heterocycles. The predicted octanol–water partition coefficient (Wildman–Crippen LogP) is 3.03. The van der Waals surface area contributed by atoms with E-state index in [-0.39, 0.29) is 11.6 Å². The van der Waals surface area contributed by atoms with Gasteiger partial charge >= 0.3 is 0 Å². The van der Waals surface area contributed by atoms with Crippen molar-refractivity contribution in [3.05, 3.63) is 41.5 Å². The zero-order chi connectivity index (χ0) is 12.6. The largest absolute Gasteiger partial charge is 0.295 e. The first kappa shape index (κ1) is 11.8. The molecule has 0 saturated heterocycles. The van der Waals surface area contributed by atoms with E-state index in [4.69, 9.17) is 0 Å². The topological polar surface area (TPSA) is 34.1 Å². The number of carbonyl (C=O) groups is 2. The maximum absolute atomic E-state index is 12.4. The van der Waals surface area contributed by atoms with E-state index in [0.717, 1.165) is 5.56 Å². The van der Waals surface area contributed by atoms with Gasteiger partial charge in [0, 0.05) is 23.0 Å². The van der Waals surface area contributed by atoms with Crippen molar-refractivity contribution in [3.63, 3.8) is 0 Å². The van der Waals surface area contributed by atoms with Gasteiger partial charge in [0.1, 0.15) is 0 Å². The standard InChI is InChI=1S/C15H16O2/c1-10-12(16)9-15(2,3)14(17)13(10)11-7-5-4-6-8-11/h4-8H,9H2,1-3H3. The number of rotatable bonds is 1. The van der Waals surface area contributed by atoms with Crippen LogP contribution in [-0.2, 0) is 9.59 Å². The molecule has 0 aliphatic heterocycles. The van der Waals surface area contributed by atoms with E-state index in [2.05, 4.69) is 0 Å². The van der Waals surface area contributed by atoms with Gasteiger partial charge in [0.25, 0.3) is 0 Å². The SMILES string of the molecule is CC1=C(c2ccccc2)C(=O)C(C)(C)CC1=O. The van der Waals surface area contributed by atoms with E-state index in [1.165, 1.54) is 0 Å². The summed E-state index contributed by atoms with van der Waals surface area (Å²) in [6.45, 7) is 5.42. The van der Waals surface area contributed by atoms with Crippen LogP contribution >= 0.6 is 0 Å². The third kappa shape index (κ3) is 1.95. The van der Waals surface area contributed by atoms with Gasteiger partial charge in [-0.3, -0.25) is 9.59 Å². The highest BCUT2D eigenvalue weighted by Crippen LogP contribution is 2.37. The van der Waals surface area contributed by atoms with Gasteiger partial charge in [-0.1, -0.05) is 44.2 Å². The van der Waals surface area contributed by atoms with Gasteiger partial charge < -0.3 is 0 Å². The highest BCUT2D eigenvalue weighted by molar-refractivity contribution is 6.31. The first-order chi connectivity index (χ1) is 7.93. The van der Waals surface area contributed by atoms with Crippen LogP contribution in [0, 0.1) is 5.41 Å². The van der Waals surface area contributed by atoms with Crippen LogP contribution in [-0.4, -0.2) is 11.6 Å². The lowest BCUT2D eigenvalue weighted by atomic mass is 9.71. The Bertz CT molecular complexity index is 507. The van der Waals surface area contributed by atoms with Gasteiger partial charge in [-0.2, -0.15) is 0 Å². The van der Waals surface area contributed by atoms with Crippen molar-refractivity contribution >= 4 is 17.1 Å². The van der Waals surface area contributed by atoms with Gasteiger partial charge in [-0.25, -0.2) is 0 Å². The average Bonchev–Trinajstić information content (AvgIpc) is 2.28. The molecule has 88 valence electrons. The van der Waals surface area contributed by atoms with Crippen molar-refractivity contribution in [2.24, 2.45) is 5.41 Å². The summed E-state index contributed by atoms with van der Waals surface area (Å²) in [5.74, 6) is 0.147. The monoisotopic (exact) mass is 228 g/mol. The van der Waals surface area contributed by atoms with E-state index < -0.39 is 5.41 Å². The lowest BCUT2D eigenvalue weighted by Crippen LogP contribution is -2.34. The summed E-state index contributed by atoms with van der Waals surface area (Å²) < 4.78 is 0. The van der Waals surface area contributed by atoms with E-state index in [1.807, 2.05) is 44.2 Å². The molecule has 0 bridgehead atoms. The Morgan fingerprint density at radius 2 is 1.65 bits per heavy atom. The second kappa shape index (κ2) is 3.95. The van der Waals surface area contributed by atoms with Crippen molar-refractivity contribution in [1.29, 1.82) is 0 Å². The number of hydrogen-bond acceptors (Lipinski definition) is 2. The van der Waals surface area contributed by atoms with Crippen molar-refractivity contribution in [2.45, 2.75) is 27.2 Å². The molecule has 0 atom stereocenters. The molecule has 0 radical (unpaired) electrons. The van der Waals surface area contributed by atoms with Crippen molar-refractivity contribution in [3.8, 4) is 0 Å². The van der Waals surface area contributed by atoms with Crippen LogP contribution in [0.2, 0.25) is 0 Å². The number of Topliss-reactive ketones (excluding diaryl/α,β-unsaturated/α-hetero) is 2. The Hall–Kier alpha value is -1.70. The molecule has 0 N–H and O–H groups in total.